The largest absolute Gasteiger partial charge is 0.351 e. The summed E-state index contributed by atoms with van der Waals surface area (Å²) < 4.78 is 0. The van der Waals surface area contributed by atoms with Crippen molar-refractivity contribution < 1.29 is 14.4 Å². The summed E-state index contributed by atoms with van der Waals surface area (Å²) in [6.45, 7) is 10.3. The molecule has 1 aliphatic rings. The van der Waals surface area contributed by atoms with Gasteiger partial charge < -0.3 is 5.32 Å². The minimum absolute atomic E-state index is 0.114. The highest BCUT2D eigenvalue weighted by Crippen LogP contribution is 2.16. The van der Waals surface area contributed by atoms with Gasteiger partial charge in [0.1, 0.15) is 0 Å². The van der Waals surface area contributed by atoms with Gasteiger partial charge in [0.15, 0.2) is 0 Å². The van der Waals surface area contributed by atoms with E-state index < -0.39 is 0 Å². The van der Waals surface area contributed by atoms with E-state index in [1.165, 1.54) is 4.90 Å². The third kappa shape index (κ3) is 5.14. The number of benzene rings is 1. The molecule has 1 N–H and O–H groups in total. The Labute approximate surface area is 155 Å². The van der Waals surface area contributed by atoms with Gasteiger partial charge in [-0.15, -0.1) is 0 Å². The van der Waals surface area contributed by atoms with Crippen LogP contribution in [0.1, 0.15) is 56.5 Å². The summed E-state index contributed by atoms with van der Waals surface area (Å²) in [6, 6.07) is 7.92. The summed E-state index contributed by atoms with van der Waals surface area (Å²) in [6.07, 6.45) is 0.589. The lowest BCUT2D eigenvalue weighted by molar-refractivity contribution is -0.139. The zero-order valence-electron chi connectivity index (χ0n) is 16.1. The molecule has 1 heterocycles. The van der Waals surface area contributed by atoms with Gasteiger partial charge >= 0.3 is 0 Å². The number of hydrogen-bond donors (Lipinski definition) is 1. The molecular formula is C20H29N3O3. The molecule has 1 aromatic carbocycles. The number of amides is 3. The van der Waals surface area contributed by atoms with Crippen LogP contribution < -0.4 is 5.32 Å². The molecule has 1 aromatic rings. The first-order valence-electron chi connectivity index (χ1n) is 9.25. The Morgan fingerprint density at radius 2 is 1.58 bits per heavy atom. The molecule has 142 valence electrons. The van der Waals surface area contributed by atoms with Crippen LogP contribution in [0.2, 0.25) is 0 Å². The molecule has 0 aromatic heterocycles. The molecule has 0 radical (unpaired) electrons. The molecule has 1 aliphatic heterocycles. The fraction of sp³-hybridized carbons (Fsp3) is 0.550. The number of likely N-dealkylation sites (tertiary alicyclic amines) is 1. The summed E-state index contributed by atoms with van der Waals surface area (Å²) >= 11 is 0. The molecule has 26 heavy (non-hydrogen) atoms. The van der Waals surface area contributed by atoms with Gasteiger partial charge in [-0.3, -0.25) is 24.2 Å². The van der Waals surface area contributed by atoms with E-state index >= 15 is 0 Å². The number of imide groups is 1. The van der Waals surface area contributed by atoms with Crippen molar-refractivity contribution in [3.8, 4) is 0 Å². The molecular weight excluding hydrogens is 330 g/mol. The first-order valence-corrected chi connectivity index (χ1v) is 9.25. The highest BCUT2D eigenvalue weighted by atomic mass is 16.2. The van der Waals surface area contributed by atoms with Gasteiger partial charge in [-0.05, 0) is 45.4 Å². The smallest absolute Gasteiger partial charge is 0.251 e. The van der Waals surface area contributed by atoms with Crippen LogP contribution in [0.4, 0.5) is 0 Å². The first-order chi connectivity index (χ1) is 12.3. The second kappa shape index (κ2) is 8.94. The lowest BCUT2D eigenvalue weighted by Crippen LogP contribution is -2.42. The predicted molar refractivity (Wildman–Crippen MR) is 101 cm³/mol. The summed E-state index contributed by atoms with van der Waals surface area (Å²) in [5.74, 6) is -0.370. The summed E-state index contributed by atoms with van der Waals surface area (Å²) in [4.78, 5) is 39.2. The normalized spacial score (nSPS) is 14.8. The van der Waals surface area contributed by atoms with Gasteiger partial charge in [0.2, 0.25) is 11.8 Å². The number of hydrogen-bond acceptors (Lipinski definition) is 4. The van der Waals surface area contributed by atoms with E-state index in [0.717, 1.165) is 12.1 Å². The number of nitrogens with zero attached hydrogens (tertiary/aromatic N) is 2. The topological polar surface area (TPSA) is 69.7 Å². The van der Waals surface area contributed by atoms with Crippen molar-refractivity contribution in [2.75, 3.05) is 13.1 Å². The Morgan fingerprint density at radius 1 is 1.04 bits per heavy atom. The Balaban J connectivity index is 1.86. The molecule has 6 heteroatoms. The lowest BCUT2D eigenvalue weighted by atomic mass is 10.1. The molecule has 0 spiro atoms. The molecule has 1 fully saturated rings. The van der Waals surface area contributed by atoms with E-state index in [0.29, 0.717) is 37.0 Å². The second-order valence-corrected chi connectivity index (χ2v) is 7.25. The van der Waals surface area contributed by atoms with Crippen LogP contribution in [0.25, 0.3) is 0 Å². The van der Waals surface area contributed by atoms with Crippen LogP contribution in [0.3, 0.4) is 0 Å². The van der Waals surface area contributed by atoms with Gasteiger partial charge in [0.25, 0.3) is 5.91 Å². The molecule has 1 saturated heterocycles. The molecule has 0 unspecified atom stereocenters. The van der Waals surface area contributed by atoms with Crippen LogP contribution in [0.5, 0.6) is 0 Å². The molecule has 0 aliphatic carbocycles. The van der Waals surface area contributed by atoms with E-state index in [1.54, 1.807) is 24.3 Å². The average molecular weight is 359 g/mol. The van der Waals surface area contributed by atoms with E-state index in [2.05, 4.69) is 37.9 Å². The maximum atomic E-state index is 12.3. The summed E-state index contributed by atoms with van der Waals surface area (Å²) in [5.41, 5.74) is 1.42. The maximum Gasteiger partial charge on any atom is 0.251 e. The fourth-order valence-corrected chi connectivity index (χ4v) is 3.26. The summed E-state index contributed by atoms with van der Waals surface area (Å²) in [7, 11) is 0. The first kappa shape index (κ1) is 20.1. The highest BCUT2D eigenvalue weighted by molar-refractivity contribution is 6.01. The van der Waals surface area contributed by atoms with Crippen LogP contribution >= 0.6 is 0 Å². The Kier molecular flexibility index (Phi) is 6.91. The molecule has 6 nitrogen and oxygen atoms in total. The van der Waals surface area contributed by atoms with Crippen molar-refractivity contribution in [2.45, 2.75) is 59.2 Å². The zero-order valence-corrected chi connectivity index (χ0v) is 16.1. The van der Waals surface area contributed by atoms with E-state index in [9.17, 15) is 14.4 Å². The van der Waals surface area contributed by atoms with Crippen molar-refractivity contribution >= 4 is 17.7 Å². The van der Waals surface area contributed by atoms with Gasteiger partial charge in [-0.1, -0.05) is 12.1 Å². The third-order valence-electron chi connectivity index (χ3n) is 4.69. The Bertz CT molecular complexity index is 629. The number of carbonyl (C=O) groups is 3. The molecule has 0 atom stereocenters. The fourth-order valence-electron chi connectivity index (χ4n) is 3.26. The molecule has 0 bridgehead atoms. The van der Waals surface area contributed by atoms with Gasteiger partial charge in [-0.2, -0.15) is 0 Å². The lowest BCUT2D eigenvalue weighted by Gasteiger charge is -2.30. The minimum atomic E-state index is -0.128. The number of nitrogens with one attached hydrogen (secondary N) is 1. The highest BCUT2D eigenvalue weighted by Gasteiger charge is 2.28. The zero-order chi connectivity index (χ0) is 19.3. The van der Waals surface area contributed by atoms with E-state index in [4.69, 9.17) is 0 Å². The number of carbonyl (C=O) groups excluding carboxylic acids is 3. The third-order valence-corrected chi connectivity index (χ3v) is 4.69. The van der Waals surface area contributed by atoms with E-state index in [-0.39, 0.29) is 24.3 Å². The maximum absolute atomic E-state index is 12.3. The monoisotopic (exact) mass is 359 g/mol. The van der Waals surface area contributed by atoms with Crippen LogP contribution in [-0.4, -0.2) is 52.7 Å². The van der Waals surface area contributed by atoms with Gasteiger partial charge in [-0.25, -0.2) is 0 Å². The van der Waals surface area contributed by atoms with Gasteiger partial charge in [0.05, 0.1) is 6.54 Å². The Hall–Kier alpha value is -2.21. The van der Waals surface area contributed by atoms with Crippen molar-refractivity contribution in [1.29, 1.82) is 0 Å². The molecule has 3 amide bonds. The predicted octanol–water partition coefficient (Wildman–Crippen LogP) is 2.18. The minimum Gasteiger partial charge on any atom is -0.351 e. The van der Waals surface area contributed by atoms with Crippen molar-refractivity contribution in [2.24, 2.45) is 0 Å². The number of rotatable bonds is 8. The second-order valence-electron chi connectivity index (χ2n) is 7.25. The molecule has 0 saturated carbocycles. The Morgan fingerprint density at radius 3 is 2.08 bits per heavy atom. The van der Waals surface area contributed by atoms with Crippen LogP contribution in [-0.2, 0) is 16.1 Å². The quantitative estimate of drug-likeness (QED) is 0.723. The van der Waals surface area contributed by atoms with Crippen LogP contribution in [0.15, 0.2) is 24.3 Å². The average Bonchev–Trinajstić information content (AvgIpc) is 2.90. The van der Waals surface area contributed by atoms with Crippen molar-refractivity contribution in [1.82, 2.24) is 15.1 Å². The molecule has 2 rings (SSSR count). The van der Waals surface area contributed by atoms with Gasteiger partial charge in [0, 0.05) is 43.6 Å². The van der Waals surface area contributed by atoms with Crippen molar-refractivity contribution in [3.63, 3.8) is 0 Å². The SMILES string of the molecule is CC(C)N(CCNC(=O)c1ccc(CN2C(=O)CCC2=O)cc1)C(C)C. The van der Waals surface area contributed by atoms with Crippen molar-refractivity contribution in [3.05, 3.63) is 35.4 Å². The van der Waals surface area contributed by atoms with E-state index in [1.807, 2.05) is 0 Å². The summed E-state index contributed by atoms with van der Waals surface area (Å²) in [5, 5.41) is 2.95. The van der Waals surface area contributed by atoms with Crippen LogP contribution in [0, 0.1) is 0 Å². The standard InChI is InChI=1S/C20H29N3O3/c1-14(2)22(15(3)4)12-11-21-20(26)17-7-5-16(6-8-17)13-23-18(24)9-10-19(23)25/h5-8,14-15H,9-13H2,1-4H3,(H,21,26).